The van der Waals surface area contributed by atoms with Gasteiger partial charge < -0.3 is 14.4 Å². The standard InChI is InChI=1S/C22H33BO3/c1-6-7-11-16-14-18(17-12-9-8-10-13-17)20(19(24)15-16)23-25-21(2,3)22(4,5)26-23/h12,14-15,24H,6-11,13H2,1-5H3. The number of hydrogen-bond donors (Lipinski definition) is 1. The summed E-state index contributed by atoms with van der Waals surface area (Å²) in [7, 11) is -0.530. The maximum atomic E-state index is 10.9. The normalized spacial score (nSPS) is 21.7. The van der Waals surface area contributed by atoms with Gasteiger partial charge in [-0.1, -0.05) is 25.5 Å². The van der Waals surface area contributed by atoms with Crippen LogP contribution in [0.2, 0.25) is 0 Å². The van der Waals surface area contributed by atoms with Crippen LogP contribution in [0.1, 0.15) is 84.3 Å². The highest BCUT2D eigenvalue weighted by molar-refractivity contribution is 6.64. The summed E-state index contributed by atoms with van der Waals surface area (Å²) in [6.45, 7) is 10.4. The van der Waals surface area contributed by atoms with E-state index in [4.69, 9.17) is 9.31 Å². The van der Waals surface area contributed by atoms with Crippen molar-refractivity contribution in [3.8, 4) is 5.75 Å². The molecular formula is C22H33BO3. The Hall–Kier alpha value is -1.26. The summed E-state index contributed by atoms with van der Waals surface area (Å²) in [5, 5.41) is 10.9. The summed E-state index contributed by atoms with van der Waals surface area (Å²) in [4.78, 5) is 0. The summed E-state index contributed by atoms with van der Waals surface area (Å²) in [6, 6.07) is 4.16. The summed E-state index contributed by atoms with van der Waals surface area (Å²) >= 11 is 0. The van der Waals surface area contributed by atoms with Crippen LogP contribution in [0.5, 0.6) is 5.75 Å². The van der Waals surface area contributed by atoms with Crippen LogP contribution in [0.15, 0.2) is 18.2 Å². The zero-order valence-corrected chi connectivity index (χ0v) is 17.0. The lowest BCUT2D eigenvalue weighted by Crippen LogP contribution is -2.41. The molecule has 0 saturated carbocycles. The number of unbranched alkanes of at least 4 members (excludes halogenated alkanes) is 1. The first kappa shape index (κ1) is 19.5. The van der Waals surface area contributed by atoms with Gasteiger partial charge in [-0.2, -0.15) is 0 Å². The molecule has 1 fully saturated rings. The van der Waals surface area contributed by atoms with Crippen molar-refractivity contribution in [2.75, 3.05) is 0 Å². The molecular weight excluding hydrogens is 323 g/mol. The average molecular weight is 356 g/mol. The van der Waals surface area contributed by atoms with Crippen LogP contribution in [0.25, 0.3) is 5.57 Å². The van der Waals surface area contributed by atoms with E-state index in [1.54, 1.807) is 0 Å². The number of allylic oxidation sites excluding steroid dienone is 2. The minimum atomic E-state index is -0.530. The van der Waals surface area contributed by atoms with Gasteiger partial charge in [-0.15, -0.1) is 0 Å². The van der Waals surface area contributed by atoms with E-state index in [0.717, 1.165) is 43.1 Å². The van der Waals surface area contributed by atoms with Gasteiger partial charge in [-0.3, -0.25) is 0 Å². The molecule has 142 valence electrons. The van der Waals surface area contributed by atoms with Crippen LogP contribution in [0.3, 0.4) is 0 Å². The van der Waals surface area contributed by atoms with Gasteiger partial charge in [0.05, 0.1) is 11.2 Å². The second-order valence-corrected chi connectivity index (χ2v) is 8.74. The Labute approximate surface area is 158 Å². The van der Waals surface area contributed by atoms with Crippen LogP contribution in [0.4, 0.5) is 0 Å². The fraction of sp³-hybridized carbons (Fsp3) is 0.636. The van der Waals surface area contributed by atoms with Crippen LogP contribution in [-0.4, -0.2) is 23.4 Å². The number of aromatic hydroxyl groups is 1. The Morgan fingerprint density at radius 2 is 1.77 bits per heavy atom. The van der Waals surface area contributed by atoms with Gasteiger partial charge in [0.15, 0.2) is 0 Å². The lowest BCUT2D eigenvalue weighted by molar-refractivity contribution is 0.00578. The van der Waals surface area contributed by atoms with Crippen molar-refractivity contribution in [1.82, 2.24) is 0 Å². The molecule has 0 spiro atoms. The molecule has 0 amide bonds. The number of rotatable bonds is 5. The Bertz CT molecular complexity index is 675. The molecule has 2 aliphatic rings. The van der Waals surface area contributed by atoms with E-state index in [1.165, 1.54) is 24.0 Å². The largest absolute Gasteiger partial charge is 0.508 e. The van der Waals surface area contributed by atoms with Crippen molar-refractivity contribution >= 4 is 18.2 Å². The smallest absolute Gasteiger partial charge is 0.499 e. The van der Waals surface area contributed by atoms with E-state index in [9.17, 15) is 5.11 Å². The van der Waals surface area contributed by atoms with Gasteiger partial charge in [0.25, 0.3) is 0 Å². The monoisotopic (exact) mass is 356 g/mol. The highest BCUT2D eigenvalue weighted by atomic mass is 16.7. The minimum absolute atomic E-state index is 0.304. The SMILES string of the molecule is CCCCc1cc(O)c(B2OC(C)(C)C(C)(C)O2)c(C2=CCCCC2)c1. The lowest BCUT2D eigenvalue weighted by Gasteiger charge is -2.32. The fourth-order valence-electron chi connectivity index (χ4n) is 3.78. The van der Waals surface area contributed by atoms with E-state index < -0.39 is 18.3 Å². The van der Waals surface area contributed by atoms with E-state index in [2.05, 4.69) is 46.8 Å². The van der Waals surface area contributed by atoms with Crippen LogP contribution < -0.4 is 5.46 Å². The average Bonchev–Trinajstić information content (AvgIpc) is 2.80. The minimum Gasteiger partial charge on any atom is -0.508 e. The van der Waals surface area contributed by atoms with Crippen molar-refractivity contribution in [3.05, 3.63) is 29.3 Å². The zero-order chi connectivity index (χ0) is 18.9. The van der Waals surface area contributed by atoms with Crippen molar-refractivity contribution in [3.63, 3.8) is 0 Å². The molecule has 1 N–H and O–H groups in total. The fourth-order valence-corrected chi connectivity index (χ4v) is 3.78. The third kappa shape index (κ3) is 3.72. The first-order valence-electron chi connectivity index (χ1n) is 10.2. The summed E-state index contributed by atoms with van der Waals surface area (Å²) in [5.74, 6) is 0.304. The first-order valence-corrected chi connectivity index (χ1v) is 10.2. The molecule has 4 heteroatoms. The molecule has 3 rings (SSSR count). The summed E-state index contributed by atoms with van der Waals surface area (Å²) in [6.07, 6.45) is 10.2. The molecule has 0 aromatic heterocycles. The molecule has 1 aliphatic carbocycles. The van der Waals surface area contributed by atoms with Crippen LogP contribution in [-0.2, 0) is 15.7 Å². The quantitative estimate of drug-likeness (QED) is 0.756. The Morgan fingerprint density at radius 3 is 2.35 bits per heavy atom. The van der Waals surface area contributed by atoms with Crippen LogP contribution >= 0.6 is 0 Å². The number of benzene rings is 1. The van der Waals surface area contributed by atoms with Crippen molar-refractivity contribution in [2.24, 2.45) is 0 Å². The molecule has 0 bridgehead atoms. The van der Waals surface area contributed by atoms with E-state index in [-0.39, 0.29) is 0 Å². The molecule has 1 aromatic carbocycles. The zero-order valence-electron chi connectivity index (χ0n) is 17.0. The predicted molar refractivity (Wildman–Crippen MR) is 109 cm³/mol. The topological polar surface area (TPSA) is 38.7 Å². The van der Waals surface area contributed by atoms with E-state index in [1.807, 2.05) is 6.07 Å². The lowest BCUT2D eigenvalue weighted by atomic mass is 9.71. The molecule has 1 aromatic rings. The van der Waals surface area contributed by atoms with Crippen molar-refractivity contribution in [1.29, 1.82) is 0 Å². The first-order chi connectivity index (χ1) is 12.2. The second kappa shape index (κ2) is 7.40. The molecule has 3 nitrogen and oxygen atoms in total. The van der Waals surface area contributed by atoms with Crippen molar-refractivity contribution < 1.29 is 14.4 Å². The van der Waals surface area contributed by atoms with E-state index in [0.29, 0.717) is 5.75 Å². The number of aryl methyl sites for hydroxylation is 1. The van der Waals surface area contributed by atoms with Gasteiger partial charge >= 0.3 is 7.12 Å². The van der Waals surface area contributed by atoms with Gasteiger partial charge in [0.1, 0.15) is 5.75 Å². The molecule has 1 heterocycles. The Kier molecular flexibility index (Phi) is 5.55. The maximum Gasteiger partial charge on any atom is 0.499 e. The molecule has 0 radical (unpaired) electrons. The van der Waals surface area contributed by atoms with E-state index >= 15 is 0 Å². The maximum absolute atomic E-state index is 10.9. The van der Waals surface area contributed by atoms with Gasteiger partial charge in [-0.25, -0.2) is 0 Å². The molecule has 1 aliphatic heterocycles. The molecule has 0 atom stereocenters. The Morgan fingerprint density at radius 1 is 1.08 bits per heavy atom. The van der Waals surface area contributed by atoms with Gasteiger partial charge in [0, 0.05) is 5.46 Å². The summed E-state index contributed by atoms with van der Waals surface area (Å²) < 4.78 is 12.5. The summed E-state index contributed by atoms with van der Waals surface area (Å²) in [5.41, 5.74) is 3.62. The predicted octanol–water partition coefficient (Wildman–Crippen LogP) is 4.99. The van der Waals surface area contributed by atoms with Gasteiger partial charge in [-0.05, 0) is 89.0 Å². The van der Waals surface area contributed by atoms with Crippen molar-refractivity contribution in [2.45, 2.75) is 90.8 Å². The number of phenols is 1. The third-order valence-electron chi connectivity index (χ3n) is 6.16. The Balaban J connectivity index is 2.05. The van der Waals surface area contributed by atoms with Crippen LogP contribution in [0, 0.1) is 0 Å². The molecule has 0 unspecified atom stereocenters. The third-order valence-corrected chi connectivity index (χ3v) is 6.16. The second-order valence-electron chi connectivity index (χ2n) is 8.74. The highest BCUT2D eigenvalue weighted by Gasteiger charge is 2.53. The molecule has 26 heavy (non-hydrogen) atoms. The van der Waals surface area contributed by atoms with Gasteiger partial charge in [0.2, 0.25) is 0 Å². The number of hydrogen-bond acceptors (Lipinski definition) is 3. The number of phenolic OH excluding ortho intramolecular Hbond substituents is 1. The molecule has 1 saturated heterocycles. The highest BCUT2D eigenvalue weighted by Crippen LogP contribution is 2.39.